The quantitative estimate of drug-likeness (QED) is 0.438. The number of rotatable bonds is 5. The average Bonchev–Trinajstić information content (AvgIpc) is 3.41. The third-order valence-corrected chi connectivity index (χ3v) is 6.89. The maximum Gasteiger partial charge on any atom is 0.242 e. The van der Waals surface area contributed by atoms with E-state index in [1.54, 1.807) is 16.0 Å². The van der Waals surface area contributed by atoms with E-state index >= 15 is 0 Å². The predicted octanol–water partition coefficient (Wildman–Crippen LogP) is 4.34. The summed E-state index contributed by atoms with van der Waals surface area (Å²) in [6, 6.07) is 20.4. The molecule has 6 nitrogen and oxygen atoms in total. The van der Waals surface area contributed by atoms with Crippen molar-refractivity contribution in [1.29, 1.82) is 0 Å². The molecule has 1 aliphatic rings. The topological polar surface area (TPSA) is 63.9 Å². The van der Waals surface area contributed by atoms with Crippen LogP contribution >= 0.6 is 23.1 Å². The first kappa shape index (κ1) is 19.0. The van der Waals surface area contributed by atoms with Crippen molar-refractivity contribution in [3.05, 3.63) is 82.0 Å². The van der Waals surface area contributed by atoms with E-state index in [4.69, 9.17) is 0 Å². The summed E-state index contributed by atoms with van der Waals surface area (Å²) in [5, 5.41) is 14.7. The molecular formula is C22H19N5OS2. The first-order chi connectivity index (χ1) is 14.8. The summed E-state index contributed by atoms with van der Waals surface area (Å²) in [6.07, 6.45) is 1.84. The van der Waals surface area contributed by atoms with Gasteiger partial charge < -0.3 is 0 Å². The van der Waals surface area contributed by atoms with Gasteiger partial charge in [-0.15, -0.1) is 16.4 Å². The summed E-state index contributed by atoms with van der Waals surface area (Å²) in [5.41, 5.74) is 4.31. The fraction of sp³-hybridized carbons (Fsp3) is 0.182. The fourth-order valence-corrected chi connectivity index (χ4v) is 5.10. The van der Waals surface area contributed by atoms with Crippen LogP contribution in [-0.4, -0.2) is 31.9 Å². The zero-order valence-electron chi connectivity index (χ0n) is 16.1. The van der Waals surface area contributed by atoms with E-state index in [0.717, 1.165) is 24.2 Å². The van der Waals surface area contributed by atoms with Gasteiger partial charge in [-0.3, -0.25) is 9.69 Å². The van der Waals surface area contributed by atoms with Crippen LogP contribution in [0.2, 0.25) is 0 Å². The molecule has 0 atom stereocenters. The largest absolute Gasteiger partial charge is 0.280 e. The van der Waals surface area contributed by atoms with Gasteiger partial charge in [-0.25, -0.2) is 4.68 Å². The molecule has 0 saturated carbocycles. The lowest BCUT2D eigenvalue weighted by atomic mass is 10.0. The highest BCUT2D eigenvalue weighted by Gasteiger charge is 2.26. The molecule has 1 aliphatic heterocycles. The van der Waals surface area contributed by atoms with Crippen molar-refractivity contribution in [2.45, 2.75) is 24.5 Å². The second-order valence-electron chi connectivity index (χ2n) is 6.97. The second kappa shape index (κ2) is 8.41. The van der Waals surface area contributed by atoms with Crippen LogP contribution in [0.4, 0.5) is 11.4 Å². The van der Waals surface area contributed by atoms with Gasteiger partial charge in [-0.2, -0.15) is 0 Å². The Kier molecular flexibility index (Phi) is 5.33. The molecule has 0 bridgehead atoms. The lowest BCUT2D eigenvalue weighted by Crippen LogP contribution is -2.28. The van der Waals surface area contributed by atoms with Crippen molar-refractivity contribution in [3.8, 4) is 0 Å². The molecule has 1 amide bonds. The van der Waals surface area contributed by atoms with Crippen molar-refractivity contribution in [2.24, 2.45) is 0 Å². The van der Waals surface area contributed by atoms with Crippen LogP contribution in [-0.2, 0) is 24.2 Å². The minimum absolute atomic E-state index is 0.0208. The van der Waals surface area contributed by atoms with E-state index in [1.165, 1.54) is 27.8 Å². The number of anilines is 2. The molecule has 3 heterocycles. The molecule has 5 rings (SSSR count). The number of amides is 1. The first-order valence-corrected chi connectivity index (χ1v) is 11.6. The number of thiophene rings is 1. The summed E-state index contributed by atoms with van der Waals surface area (Å²) in [5.74, 6) is 0.278. The van der Waals surface area contributed by atoms with Gasteiger partial charge >= 0.3 is 0 Å². The Labute approximate surface area is 182 Å². The van der Waals surface area contributed by atoms with Gasteiger partial charge in [-0.05, 0) is 58.0 Å². The van der Waals surface area contributed by atoms with Gasteiger partial charge in [0.25, 0.3) is 0 Å². The molecule has 0 aliphatic carbocycles. The van der Waals surface area contributed by atoms with Gasteiger partial charge in [0.15, 0.2) is 0 Å². The number of carbonyl (C=O) groups is 1. The fourth-order valence-electron chi connectivity index (χ4n) is 3.69. The Hall–Kier alpha value is -2.97. The zero-order valence-corrected chi connectivity index (χ0v) is 17.8. The van der Waals surface area contributed by atoms with Crippen LogP contribution in [0.5, 0.6) is 0 Å². The van der Waals surface area contributed by atoms with E-state index in [0.29, 0.717) is 11.7 Å². The minimum Gasteiger partial charge on any atom is -0.280 e. The van der Waals surface area contributed by atoms with Crippen LogP contribution in [0.3, 0.4) is 0 Å². The van der Waals surface area contributed by atoms with Crippen molar-refractivity contribution < 1.29 is 4.79 Å². The Morgan fingerprint density at radius 2 is 1.67 bits per heavy atom. The zero-order chi connectivity index (χ0) is 20.3. The van der Waals surface area contributed by atoms with Crippen LogP contribution in [0.15, 0.2) is 71.2 Å². The average molecular weight is 434 g/mol. The third kappa shape index (κ3) is 3.76. The summed E-state index contributed by atoms with van der Waals surface area (Å²) in [4.78, 5) is 16.5. The summed E-state index contributed by atoms with van der Waals surface area (Å²) in [7, 11) is 0. The van der Waals surface area contributed by atoms with Gasteiger partial charge in [-0.1, -0.05) is 54.2 Å². The summed E-state index contributed by atoms with van der Waals surface area (Å²) in [6.45, 7) is 0.608. The van der Waals surface area contributed by atoms with Crippen molar-refractivity contribution in [1.82, 2.24) is 20.2 Å². The number of para-hydroxylation sites is 2. The highest BCUT2D eigenvalue weighted by molar-refractivity contribution is 7.99. The van der Waals surface area contributed by atoms with E-state index in [1.807, 2.05) is 52.7 Å². The molecule has 8 heteroatoms. The van der Waals surface area contributed by atoms with Gasteiger partial charge in [0, 0.05) is 4.88 Å². The Bertz CT molecular complexity index is 1120. The monoisotopic (exact) mass is 433 g/mol. The number of thioether (sulfide) groups is 1. The molecule has 0 saturated heterocycles. The molecule has 30 heavy (non-hydrogen) atoms. The predicted molar refractivity (Wildman–Crippen MR) is 119 cm³/mol. The summed E-state index contributed by atoms with van der Waals surface area (Å²) >= 11 is 3.04. The van der Waals surface area contributed by atoms with Crippen molar-refractivity contribution in [3.63, 3.8) is 0 Å². The summed E-state index contributed by atoms with van der Waals surface area (Å²) < 4.78 is 1.74. The molecule has 0 spiro atoms. The lowest BCUT2D eigenvalue weighted by molar-refractivity contribution is -0.115. The number of tetrazole rings is 1. The highest BCUT2D eigenvalue weighted by atomic mass is 32.2. The number of benzene rings is 2. The van der Waals surface area contributed by atoms with E-state index < -0.39 is 0 Å². The molecule has 0 unspecified atom stereocenters. The number of nitrogens with zero attached hydrogens (tertiary/aromatic N) is 5. The van der Waals surface area contributed by atoms with Crippen LogP contribution in [0, 0.1) is 0 Å². The van der Waals surface area contributed by atoms with Gasteiger partial charge in [0.05, 0.1) is 23.7 Å². The third-order valence-electron chi connectivity index (χ3n) is 5.09. The number of aromatic nitrogens is 4. The van der Waals surface area contributed by atoms with E-state index in [-0.39, 0.29) is 11.7 Å². The molecular weight excluding hydrogens is 414 g/mol. The van der Waals surface area contributed by atoms with Crippen molar-refractivity contribution >= 4 is 40.4 Å². The van der Waals surface area contributed by atoms with Crippen molar-refractivity contribution in [2.75, 3.05) is 10.7 Å². The second-order valence-corrected chi connectivity index (χ2v) is 8.95. The van der Waals surface area contributed by atoms with Crippen LogP contribution in [0.1, 0.15) is 16.0 Å². The standard InChI is InChI=1S/C22H19N5OS2/c28-21(15-30-22-23-24-25-26(22)14-18-8-5-13-29-18)27-19-9-3-1-6-16(19)11-12-17-7-2-4-10-20(17)27/h1-10,13H,11-12,14-15H2. The minimum atomic E-state index is 0.0208. The smallest absolute Gasteiger partial charge is 0.242 e. The molecule has 0 fully saturated rings. The molecule has 0 N–H and O–H groups in total. The van der Waals surface area contributed by atoms with Crippen LogP contribution < -0.4 is 4.90 Å². The molecule has 2 aromatic heterocycles. The number of aryl methyl sites for hydroxylation is 2. The Balaban J connectivity index is 1.40. The Morgan fingerprint density at radius 3 is 2.33 bits per heavy atom. The molecule has 0 radical (unpaired) electrons. The first-order valence-electron chi connectivity index (χ1n) is 9.70. The van der Waals surface area contributed by atoms with E-state index in [2.05, 4.69) is 33.7 Å². The molecule has 2 aromatic carbocycles. The molecule has 4 aromatic rings. The van der Waals surface area contributed by atoms with Gasteiger partial charge in [0.2, 0.25) is 11.1 Å². The van der Waals surface area contributed by atoms with Crippen LogP contribution in [0.25, 0.3) is 0 Å². The van der Waals surface area contributed by atoms with Gasteiger partial charge in [0.1, 0.15) is 0 Å². The number of fused-ring (bicyclic) bond motifs is 2. The normalized spacial score (nSPS) is 12.9. The number of hydrogen-bond donors (Lipinski definition) is 0. The maximum absolute atomic E-state index is 13.4. The number of hydrogen-bond acceptors (Lipinski definition) is 6. The highest BCUT2D eigenvalue weighted by Crippen LogP contribution is 2.36. The maximum atomic E-state index is 13.4. The lowest BCUT2D eigenvalue weighted by Gasteiger charge is -2.24. The number of carbonyl (C=O) groups excluding carboxylic acids is 1. The SMILES string of the molecule is O=C(CSc1nnnn1Cc1cccs1)N1c2ccccc2CCc2ccccc21. The molecule has 150 valence electrons. The Morgan fingerprint density at radius 1 is 0.967 bits per heavy atom. The van der Waals surface area contributed by atoms with E-state index in [9.17, 15) is 4.79 Å².